The molecule has 7 heteroatoms. The summed E-state index contributed by atoms with van der Waals surface area (Å²) in [5, 5.41) is 19.8. The van der Waals surface area contributed by atoms with Gasteiger partial charge in [0.1, 0.15) is 17.2 Å². The molecule has 19 heavy (non-hydrogen) atoms. The van der Waals surface area contributed by atoms with Gasteiger partial charge in [-0.1, -0.05) is 11.3 Å². The number of amides is 1. The molecule has 0 saturated carbocycles. The van der Waals surface area contributed by atoms with Crippen LogP contribution in [0.15, 0.2) is 24.3 Å². The molecule has 0 unspecified atom stereocenters. The van der Waals surface area contributed by atoms with E-state index in [2.05, 4.69) is 15.5 Å². The van der Waals surface area contributed by atoms with E-state index in [1.54, 1.807) is 13.2 Å². The van der Waals surface area contributed by atoms with Crippen molar-refractivity contribution in [2.24, 2.45) is 0 Å². The maximum Gasteiger partial charge on any atom is 0.240 e. The van der Waals surface area contributed by atoms with Crippen molar-refractivity contribution in [3.8, 4) is 22.4 Å². The average molecular weight is 274 g/mol. The van der Waals surface area contributed by atoms with E-state index in [9.17, 15) is 4.79 Å². The third kappa shape index (κ3) is 3.26. The van der Waals surface area contributed by atoms with Gasteiger partial charge in [-0.3, -0.25) is 10.1 Å². The molecule has 6 nitrogen and oxygen atoms in total. The van der Waals surface area contributed by atoms with Crippen molar-refractivity contribution >= 4 is 22.4 Å². The summed E-state index contributed by atoms with van der Waals surface area (Å²) in [6, 6.07) is 9.14. The number of benzene rings is 1. The zero-order valence-electron chi connectivity index (χ0n) is 10.1. The van der Waals surface area contributed by atoms with Crippen molar-refractivity contribution in [3.63, 3.8) is 0 Å². The van der Waals surface area contributed by atoms with Gasteiger partial charge >= 0.3 is 0 Å². The number of nitrogens with zero attached hydrogens (tertiary/aromatic N) is 3. The van der Waals surface area contributed by atoms with E-state index in [1.807, 2.05) is 24.3 Å². The molecule has 96 valence electrons. The van der Waals surface area contributed by atoms with E-state index in [1.165, 1.54) is 11.3 Å². The first-order valence-corrected chi connectivity index (χ1v) is 6.19. The number of methoxy groups -OCH3 is 1. The molecule has 0 aliphatic rings. The Balaban J connectivity index is 2.11. The molecular formula is C12H10N4O2S. The van der Waals surface area contributed by atoms with Gasteiger partial charge in [-0.25, -0.2) is 0 Å². The van der Waals surface area contributed by atoms with Crippen LogP contribution >= 0.6 is 11.3 Å². The topological polar surface area (TPSA) is 87.9 Å². The predicted molar refractivity (Wildman–Crippen MR) is 70.8 cm³/mol. The standard InChI is InChI=1S/C12H10N4O2S/c1-18-9-4-2-8(3-5-9)11-15-16-12(19-11)14-10(17)6-7-13/h2-5H,6H2,1H3,(H,14,16,17). The third-order valence-corrected chi connectivity index (χ3v) is 3.14. The Kier molecular flexibility index (Phi) is 4.05. The Labute approximate surface area is 113 Å². The number of carbonyl (C=O) groups is 1. The third-order valence-electron chi connectivity index (χ3n) is 2.25. The second-order valence-electron chi connectivity index (χ2n) is 3.52. The summed E-state index contributed by atoms with van der Waals surface area (Å²) in [6.45, 7) is 0. The van der Waals surface area contributed by atoms with Crippen molar-refractivity contribution in [2.45, 2.75) is 6.42 Å². The van der Waals surface area contributed by atoms with E-state index in [-0.39, 0.29) is 12.3 Å². The Bertz CT molecular complexity index is 615. The molecule has 1 heterocycles. The molecule has 1 aromatic heterocycles. The van der Waals surface area contributed by atoms with Gasteiger partial charge in [-0.05, 0) is 24.3 Å². The van der Waals surface area contributed by atoms with Crippen LogP contribution in [0.5, 0.6) is 5.75 Å². The number of hydrogen-bond donors (Lipinski definition) is 1. The van der Waals surface area contributed by atoms with Crippen LogP contribution < -0.4 is 10.1 Å². The lowest BCUT2D eigenvalue weighted by Gasteiger charge is -1.99. The fourth-order valence-corrected chi connectivity index (χ4v) is 2.12. The van der Waals surface area contributed by atoms with Crippen LogP contribution in [0.25, 0.3) is 10.6 Å². The van der Waals surface area contributed by atoms with Crippen molar-refractivity contribution < 1.29 is 9.53 Å². The summed E-state index contributed by atoms with van der Waals surface area (Å²) in [4.78, 5) is 11.2. The second-order valence-corrected chi connectivity index (χ2v) is 4.50. The van der Waals surface area contributed by atoms with Crippen molar-refractivity contribution in [3.05, 3.63) is 24.3 Å². The molecule has 0 saturated heterocycles. The quantitative estimate of drug-likeness (QED) is 0.922. The molecule has 2 aromatic rings. The fourth-order valence-electron chi connectivity index (χ4n) is 1.36. The SMILES string of the molecule is COc1ccc(-c2nnc(NC(=O)CC#N)s2)cc1. The first-order valence-electron chi connectivity index (χ1n) is 5.37. The molecular weight excluding hydrogens is 264 g/mol. The molecule has 1 aromatic carbocycles. The van der Waals surface area contributed by atoms with Gasteiger partial charge in [-0.2, -0.15) is 5.26 Å². The summed E-state index contributed by atoms with van der Waals surface area (Å²) in [7, 11) is 1.60. The largest absolute Gasteiger partial charge is 0.497 e. The zero-order valence-corrected chi connectivity index (χ0v) is 10.9. The monoisotopic (exact) mass is 274 g/mol. The van der Waals surface area contributed by atoms with E-state index in [0.29, 0.717) is 10.1 Å². The minimum absolute atomic E-state index is 0.197. The maximum absolute atomic E-state index is 11.2. The van der Waals surface area contributed by atoms with Crippen LogP contribution in [-0.4, -0.2) is 23.2 Å². The molecule has 0 bridgehead atoms. The van der Waals surface area contributed by atoms with Crippen LogP contribution in [0.1, 0.15) is 6.42 Å². The van der Waals surface area contributed by atoms with Crippen LogP contribution in [0.4, 0.5) is 5.13 Å². The number of anilines is 1. The normalized spacial score (nSPS) is 9.68. The Morgan fingerprint density at radius 2 is 2.16 bits per heavy atom. The number of rotatable bonds is 4. The first-order chi connectivity index (χ1) is 9.22. The van der Waals surface area contributed by atoms with Crippen LogP contribution in [0, 0.1) is 11.3 Å². The van der Waals surface area contributed by atoms with Gasteiger partial charge in [0.2, 0.25) is 11.0 Å². The highest BCUT2D eigenvalue weighted by Crippen LogP contribution is 2.27. The molecule has 0 aliphatic heterocycles. The lowest BCUT2D eigenvalue weighted by atomic mass is 10.2. The number of carbonyl (C=O) groups excluding carboxylic acids is 1. The molecule has 1 amide bonds. The zero-order chi connectivity index (χ0) is 13.7. The lowest BCUT2D eigenvalue weighted by molar-refractivity contribution is -0.115. The lowest BCUT2D eigenvalue weighted by Crippen LogP contribution is -2.09. The average Bonchev–Trinajstić information content (AvgIpc) is 2.87. The van der Waals surface area contributed by atoms with Crippen molar-refractivity contribution in [1.29, 1.82) is 5.26 Å². The number of nitriles is 1. The van der Waals surface area contributed by atoms with Crippen LogP contribution in [0.3, 0.4) is 0 Å². The van der Waals surface area contributed by atoms with Crippen molar-refractivity contribution in [1.82, 2.24) is 10.2 Å². The number of nitrogens with one attached hydrogen (secondary N) is 1. The summed E-state index contributed by atoms with van der Waals surface area (Å²) in [5.74, 6) is 0.371. The number of ether oxygens (including phenoxy) is 1. The van der Waals surface area contributed by atoms with Gasteiger partial charge in [0, 0.05) is 5.56 Å². The van der Waals surface area contributed by atoms with Gasteiger partial charge < -0.3 is 4.74 Å². The minimum Gasteiger partial charge on any atom is -0.497 e. The van der Waals surface area contributed by atoms with E-state index < -0.39 is 0 Å². The van der Waals surface area contributed by atoms with Gasteiger partial charge in [0.15, 0.2) is 0 Å². The molecule has 0 fully saturated rings. The smallest absolute Gasteiger partial charge is 0.240 e. The summed E-state index contributed by atoms with van der Waals surface area (Å²) >= 11 is 1.25. The Hall–Kier alpha value is -2.46. The molecule has 0 spiro atoms. The maximum atomic E-state index is 11.2. The Morgan fingerprint density at radius 3 is 2.79 bits per heavy atom. The number of aromatic nitrogens is 2. The minimum atomic E-state index is -0.389. The van der Waals surface area contributed by atoms with E-state index in [0.717, 1.165) is 11.3 Å². The van der Waals surface area contributed by atoms with Gasteiger partial charge in [0.25, 0.3) is 0 Å². The molecule has 0 atom stereocenters. The van der Waals surface area contributed by atoms with Crippen LogP contribution in [-0.2, 0) is 4.79 Å². The van der Waals surface area contributed by atoms with Gasteiger partial charge in [0.05, 0.1) is 13.2 Å². The van der Waals surface area contributed by atoms with E-state index in [4.69, 9.17) is 10.00 Å². The molecule has 1 N–H and O–H groups in total. The summed E-state index contributed by atoms with van der Waals surface area (Å²) in [6.07, 6.45) is -0.197. The first kappa shape index (κ1) is 13.0. The highest BCUT2D eigenvalue weighted by atomic mass is 32.1. The highest BCUT2D eigenvalue weighted by molar-refractivity contribution is 7.18. The summed E-state index contributed by atoms with van der Waals surface area (Å²) in [5.41, 5.74) is 0.888. The molecule has 2 rings (SSSR count). The summed E-state index contributed by atoms with van der Waals surface area (Å²) < 4.78 is 5.07. The predicted octanol–water partition coefficient (Wildman–Crippen LogP) is 2.07. The van der Waals surface area contributed by atoms with E-state index >= 15 is 0 Å². The number of hydrogen-bond acceptors (Lipinski definition) is 6. The van der Waals surface area contributed by atoms with Gasteiger partial charge in [-0.15, -0.1) is 10.2 Å². The molecule has 0 aliphatic carbocycles. The second kappa shape index (κ2) is 5.93. The fraction of sp³-hybridized carbons (Fsp3) is 0.167. The Morgan fingerprint density at radius 1 is 1.42 bits per heavy atom. The van der Waals surface area contributed by atoms with Crippen molar-refractivity contribution in [2.75, 3.05) is 12.4 Å². The van der Waals surface area contributed by atoms with Crippen LogP contribution in [0.2, 0.25) is 0 Å². The molecule has 0 radical (unpaired) electrons. The highest BCUT2D eigenvalue weighted by Gasteiger charge is 2.09.